The number of anilines is 1. The minimum atomic E-state index is -4.78. The summed E-state index contributed by atoms with van der Waals surface area (Å²) in [4.78, 5) is 57.0. The fourth-order valence-electron chi connectivity index (χ4n) is 4.91. The highest BCUT2D eigenvalue weighted by Gasteiger charge is 2.42. The molecule has 0 bridgehead atoms. The summed E-state index contributed by atoms with van der Waals surface area (Å²) >= 11 is 0. The Morgan fingerprint density at radius 3 is 2.20 bits per heavy atom. The molecule has 1 aliphatic rings. The number of esters is 1. The summed E-state index contributed by atoms with van der Waals surface area (Å²) in [6, 6.07) is 21.0. The van der Waals surface area contributed by atoms with Crippen molar-refractivity contribution < 1.29 is 37.0 Å². The van der Waals surface area contributed by atoms with E-state index in [1.807, 2.05) is 0 Å². The van der Waals surface area contributed by atoms with Gasteiger partial charge in [0, 0.05) is 0 Å². The van der Waals surface area contributed by atoms with Crippen molar-refractivity contribution in [2.24, 2.45) is 0 Å². The average molecular weight is 600 g/mol. The van der Waals surface area contributed by atoms with Crippen LogP contribution in [0, 0.1) is 0 Å². The van der Waals surface area contributed by atoms with Gasteiger partial charge in [-0.3, -0.25) is 19.0 Å². The number of hydrogen-bond donors (Lipinski definition) is 0. The number of hydrogen-bond acceptors (Lipinski definition) is 7. The highest BCUT2D eigenvalue weighted by molar-refractivity contribution is 6.34. The van der Waals surface area contributed by atoms with Gasteiger partial charge in [-0.2, -0.15) is 13.2 Å². The van der Waals surface area contributed by atoms with E-state index in [2.05, 4.69) is 4.98 Å². The number of carbonyl (C=O) groups excluding carboxylic acids is 3. The second kappa shape index (κ2) is 10.8. The highest BCUT2D eigenvalue weighted by Crippen LogP contribution is 2.40. The van der Waals surface area contributed by atoms with Crippen molar-refractivity contribution in [2.45, 2.75) is 13.1 Å². The molecule has 1 aromatic heterocycles. The second-order valence-corrected chi connectivity index (χ2v) is 9.58. The molecule has 5 aromatic rings. The van der Waals surface area contributed by atoms with E-state index in [1.165, 1.54) is 54.6 Å². The number of imide groups is 1. The van der Waals surface area contributed by atoms with Crippen LogP contribution in [-0.4, -0.2) is 33.9 Å². The first-order chi connectivity index (χ1) is 21.1. The summed E-state index contributed by atoms with van der Waals surface area (Å²) in [5, 5.41) is 0.296. The van der Waals surface area contributed by atoms with Crippen LogP contribution in [-0.2, 0) is 10.9 Å². The van der Waals surface area contributed by atoms with Gasteiger partial charge in [0.2, 0.25) is 5.82 Å². The van der Waals surface area contributed by atoms with Gasteiger partial charge in [0.1, 0.15) is 11.5 Å². The van der Waals surface area contributed by atoms with Gasteiger partial charge in [-0.1, -0.05) is 24.3 Å². The molecule has 0 aliphatic carbocycles. The van der Waals surface area contributed by atoms with Gasteiger partial charge in [-0.25, -0.2) is 14.7 Å². The zero-order valence-electron chi connectivity index (χ0n) is 22.8. The van der Waals surface area contributed by atoms with E-state index < -0.39 is 40.8 Å². The predicted octanol–water partition coefficient (Wildman–Crippen LogP) is 6.17. The largest absolute Gasteiger partial charge is 0.460 e. The second-order valence-electron chi connectivity index (χ2n) is 9.58. The van der Waals surface area contributed by atoms with E-state index in [1.54, 1.807) is 31.2 Å². The molecule has 44 heavy (non-hydrogen) atoms. The number of ether oxygens (including phenoxy) is 2. The number of amides is 2. The number of rotatable bonds is 6. The van der Waals surface area contributed by atoms with Crippen molar-refractivity contribution in [3.8, 4) is 17.2 Å². The third-order valence-corrected chi connectivity index (χ3v) is 6.87. The monoisotopic (exact) mass is 599 g/mol. The minimum Gasteiger partial charge on any atom is -0.460 e. The van der Waals surface area contributed by atoms with Gasteiger partial charge in [-0.05, 0) is 73.7 Å². The molecule has 12 heteroatoms. The lowest BCUT2D eigenvalue weighted by atomic mass is 10.1. The van der Waals surface area contributed by atoms with Crippen LogP contribution in [0.2, 0.25) is 0 Å². The number of para-hydroxylation sites is 2. The molecule has 0 radical (unpaired) electrons. The number of alkyl halides is 3. The lowest BCUT2D eigenvalue weighted by Gasteiger charge is -2.19. The van der Waals surface area contributed by atoms with Crippen molar-refractivity contribution in [1.29, 1.82) is 0 Å². The lowest BCUT2D eigenvalue weighted by Crippen LogP contribution is -2.31. The standard InChI is InChI=1S/C32H20F3N3O6/c1-2-43-31(42)27-36-25-9-5-3-7-22(25)29(40)37(27)18-11-13-19(14-12-18)44-20-15-16-21-23(17-20)30(41)38(28(21)39)26-10-6-4-8-24(26)32(33,34)35/h3-17H,2H2,1H3. The maximum atomic E-state index is 13.6. The Hall–Kier alpha value is -5.78. The Kier molecular flexibility index (Phi) is 6.96. The molecule has 4 aromatic carbocycles. The zero-order chi connectivity index (χ0) is 31.2. The van der Waals surface area contributed by atoms with Crippen molar-refractivity contribution in [1.82, 2.24) is 9.55 Å². The minimum absolute atomic E-state index is 0.0654. The van der Waals surface area contributed by atoms with Crippen molar-refractivity contribution in [3.63, 3.8) is 0 Å². The highest BCUT2D eigenvalue weighted by atomic mass is 19.4. The zero-order valence-corrected chi connectivity index (χ0v) is 22.8. The van der Waals surface area contributed by atoms with Gasteiger partial charge in [0.15, 0.2) is 0 Å². The van der Waals surface area contributed by atoms with E-state index in [0.29, 0.717) is 21.5 Å². The van der Waals surface area contributed by atoms with Gasteiger partial charge in [0.05, 0.1) is 45.6 Å². The SMILES string of the molecule is CCOC(=O)c1nc2ccccc2c(=O)n1-c1ccc(Oc2ccc3c(c2)C(=O)N(c2ccccc2C(F)(F)F)C3=O)cc1. The molecule has 1 aliphatic heterocycles. The molecule has 2 heterocycles. The molecule has 2 amide bonds. The van der Waals surface area contributed by atoms with Crippen LogP contribution in [0.25, 0.3) is 16.6 Å². The lowest BCUT2D eigenvalue weighted by molar-refractivity contribution is -0.137. The smallest absolute Gasteiger partial charge is 0.418 e. The number of carbonyl (C=O) groups is 3. The van der Waals surface area contributed by atoms with Crippen molar-refractivity contribution >= 4 is 34.4 Å². The molecular formula is C32H20F3N3O6. The molecular weight excluding hydrogens is 579 g/mol. The van der Waals surface area contributed by atoms with Crippen LogP contribution in [0.1, 0.15) is 43.8 Å². The van der Waals surface area contributed by atoms with Crippen LogP contribution in [0.15, 0.2) is 95.8 Å². The summed E-state index contributed by atoms with van der Waals surface area (Å²) in [5.74, 6) is -2.38. The third-order valence-electron chi connectivity index (χ3n) is 6.87. The fraction of sp³-hybridized carbons (Fsp3) is 0.0938. The third kappa shape index (κ3) is 4.85. The van der Waals surface area contributed by atoms with E-state index in [4.69, 9.17) is 9.47 Å². The van der Waals surface area contributed by atoms with Gasteiger partial charge in [0.25, 0.3) is 17.4 Å². The molecule has 6 rings (SSSR count). The maximum Gasteiger partial charge on any atom is 0.418 e. The van der Waals surface area contributed by atoms with Crippen LogP contribution in [0.5, 0.6) is 11.5 Å². The Labute approximate surface area is 246 Å². The first-order valence-electron chi connectivity index (χ1n) is 13.2. The topological polar surface area (TPSA) is 108 Å². The Bertz CT molecular complexity index is 2040. The summed E-state index contributed by atoms with van der Waals surface area (Å²) < 4.78 is 52.9. The number of benzene rings is 4. The summed E-state index contributed by atoms with van der Waals surface area (Å²) in [5.41, 5.74) is -1.70. The molecule has 220 valence electrons. The van der Waals surface area contributed by atoms with Gasteiger partial charge in [-0.15, -0.1) is 0 Å². The van der Waals surface area contributed by atoms with Gasteiger partial charge >= 0.3 is 12.1 Å². The number of nitrogens with zero attached hydrogens (tertiary/aromatic N) is 3. The van der Waals surface area contributed by atoms with E-state index in [0.717, 1.165) is 16.7 Å². The molecule has 0 saturated carbocycles. The Balaban J connectivity index is 1.30. The first kappa shape index (κ1) is 28.3. The van der Waals surface area contributed by atoms with E-state index >= 15 is 0 Å². The van der Waals surface area contributed by atoms with Crippen LogP contribution >= 0.6 is 0 Å². The Morgan fingerprint density at radius 1 is 0.818 bits per heavy atom. The normalized spacial score (nSPS) is 12.9. The fourth-order valence-corrected chi connectivity index (χ4v) is 4.91. The van der Waals surface area contributed by atoms with Crippen LogP contribution in [0.4, 0.5) is 18.9 Å². The number of halogens is 3. The van der Waals surface area contributed by atoms with Crippen molar-refractivity contribution in [3.05, 3.63) is 124 Å². The molecule has 0 N–H and O–H groups in total. The molecule has 0 fully saturated rings. The van der Waals surface area contributed by atoms with Crippen molar-refractivity contribution in [2.75, 3.05) is 11.5 Å². The average Bonchev–Trinajstić information content (AvgIpc) is 3.26. The quantitative estimate of drug-likeness (QED) is 0.170. The molecule has 9 nitrogen and oxygen atoms in total. The van der Waals surface area contributed by atoms with Crippen LogP contribution in [0.3, 0.4) is 0 Å². The first-order valence-corrected chi connectivity index (χ1v) is 13.2. The van der Waals surface area contributed by atoms with Gasteiger partial charge < -0.3 is 9.47 Å². The van der Waals surface area contributed by atoms with Crippen LogP contribution < -0.4 is 15.2 Å². The molecule has 0 spiro atoms. The molecule has 0 unspecified atom stereocenters. The number of aromatic nitrogens is 2. The van der Waals surface area contributed by atoms with E-state index in [9.17, 15) is 32.3 Å². The maximum absolute atomic E-state index is 13.6. The molecule has 0 saturated heterocycles. The number of fused-ring (bicyclic) bond motifs is 2. The summed E-state index contributed by atoms with van der Waals surface area (Å²) in [6.07, 6.45) is -4.78. The Morgan fingerprint density at radius 2 is 1.48 bits per heavy atom. The summed E-state index contributed by atoms with van der Waals surface area (Å²) in [6.45, 7) is 1.71. The van der Waals surface area contributed by atoms with E-state index in [-0.39, 0.29) is 35.1 Å². The summed E-state index contributed by atoms with van der Waals surface area (Å²) in [7, 11) is 0. The predicted molar refractivity (Wildman–Crippen MR) is 152 cm³/mol. The molecule has 0 atom stereocenters.